The molecule has 1 amide bonds. The van der Waals surface area contributed by atoms with Crippen LogP contribution in [0.25, 0.3) is 0 Å². The second-order valence-corrected chi connectivity index (χ2v) is 3.39. The summed E-state index contributed by atoms with van der Waals surface area (Å²) in [5, 5.41) is 10.9. The zero-order chi connectivity index (χ0) is 11.4. The maximum atomic E-state index is 11.7. The van der Waals surface area contributed by atoms with Crippen LogP contribution in [0.2, 0.25) is 0 Å². The van der Waals surface area contributed by atoms with Crippen LogP contribution in [0.1, 0.15) is 20.3 Å². The smallest absolute Gasteiger partial charge is 0.394 e. The monoisotopic (exact) mass is 213 g/mol. The Morgan fingerprint density at radius 3 is 2.21 bits per heavy atom. The van der Waals surface area contributed by atoms with E-state index in [1.165, 1.54) is 0 Å². The van der Waals surface area contributed by atoms with Gasteiger partial charge in [0, 0.05) is 0 Å². The number of hydrogen-bond donors (Lipinski definition) is 2. The molecule has 1 atom stereocenters. The second-order valence-electron chi connectivity index (χ2n) is 3.39. The van der Waals surface area contributed by atoms with E-state index in [0.29, 0.717) is 0 Å². The van der Waals surface area contributed by atoms with Crippen LogP contribution >= 0.6 is 0 Å². The van der Waals surface area contributed by atoms with Crippen molar-refractivity contribution < 1.29 is 23.1 Å². The number of amides is 1. The average molecular weight is 213 g/mol. The van der Waals surface area contributed by atoms with Crippen molar-refractivity contribution >= 4 is 5.91 Å². The molecule has 6 heteroatoms. The zero-order valence-corrected chi connectivity index (χ0v) is 8.06. The van der Waals surface area contributed by atoms with Crippen LogP contribution in [-0.2, 0) is 4.79 Å². The highest BCUT2D eigenvalue weighted by Crippen LogP contribution is 2.19. The highest BCUT2D eigenvalue weighted by atomic mass is 19.4. The van der Waals surface area contributed by atoms with Gasteiger partial charge in [-0.15, -0.1) is 0 Å². The van der Waals surface area contributed by atoms with Crippen LogP contribution in [0.4, 0.5) is 13.2 Å². The molecule has 2 N–H and O–H groups in total. The maximum Gasteiger partial charge on any atom is 0.397 e. The first-order valence-corrected chi connectivity index (χ1v) is 4.23. The van der Waals surface area contributed by atoms with Crippen molar-refractivity contribution in [3.8, 4) is 0 Å². The van der Waals surface area contributed by atoms with E-state index in [4.69, 9.17) is 5.11 Å². The summed E-state index contributed by atoms with van der Waals surface area (Å²) in [7, 11) is 0. The lowest BCUT2D eigenvalue weighted by atomic mass is 10.1. The summed E-state index contributed by atoms with van der Waals surface area (Å²) < 4.78 is 35.2. The van der Waals surface area contributed by atoms with Gasteiger partial charge in [-0.3, -0.25) is 4.79 Å². The minimum atomic E-state index is -4.50. The van der Waals surface area contributed by atoms with Gasteiger partial charge in [0.05, 0.1) is 12.6 Å². The van der Waals surface area contributed by atoms with Crippen molar-refractivity contribution in [2.75, 3.05) is 6.61 Å². The molecule has 0 saturated heterocycles. The SMILES string of the molecule is CC(C)C(CO)NC(=O)CC(F)(F)F. The maximum absolute atomic E-state index is 11.7. The quantitative estimate of drug-likeness (QED) is 0.734. The Labute approximate surface area is 80.3 Å². The Bertz CT molecular complexity index is 192. The van der Waals surface area contributed by atoms with Crippen LogP contribution in [0.3, 0.4) is 0 Å². The van der Waals surface area contributed by atoms with Gasteiger partial charge in [0.1, 0.15) is 6.42 Å². The fourth-order valence-electron chi connectivity index (χ4n) is 0.863. The normalized spacial score (nSPS) is 14.2. The Balaban J connectivity index is 4.04. The molecule has 0 aromatic heterocycles. The molecule has 0 aromatic rings. The number of aliphatic hydroxyl groups is 1. The van der Waals surface area contributed by atoms with Crippen molar-refractivity contribution in [2.45, 2.75) is 32.5 Å². The highest BCUT2D eigenvalue weighted by Gasteiger charge is 2.32. The van der Waals surface area contributed by atoms with E-state index in [2.05, 4.69) is 5.32 Å². The minimum absolute atomic E-state index is 0.0998. The van der Waals surface area contributed by atoms with Gasteiger partial charge in [0.2, 0.25) is 5.91 Å². The van der Waals surface area contributed by atoms with E-state index < -0.39 is 24.5 Å². The lowest BCUT2D eigenvalue weighted by Gasteiger charge is -2.20. The molecule has 0 aliphatic carbocycles. The Morgan fingerprint density at radius 2 is 1.93 bits per heavy atom. The number of nitrogens with one attached hydrogen (secondary N) is 1. The first kappa shape index (κ1) is 13.2. The minimum Gasteiger partial charge on any atom is -0.394 e. The third-order valence-corrected chi connectivity index (χ3v) is 1.71. The predicted octanol–water partition coefficient (Wildman–Crippen LogP) is 1.07. The van der Waals surface area contributed by atoms with Crippen LogP contribution < -0.4 is 5.32 Å². The third kappa shape index (κ3) is 5.80. The molecule has 0 aliphatic rings. The number of alkyl halides is 3. The molecular formula is C8H14F3NO2. The number of carbonyl (C=O) groups excluding carboxylic acids is 1. The summed E-state index contributed by atoms with van der Waals surface area (Å²) >= 11 is 0. The summed E-state index contributed by atoms with van der Waals surface area (Å²) in [4.78, 5) is 10.8. The number of halogens is 3. The fourth-order valence-corrected chi connectivity index (χ4v) is 0.863. The van der Waals surface area contributed by atoms with E-state index in [1.807, 2.05) is 0 Å². The van der Waals surface area contributed by atoms with Crippen LogP contribution in [0.15, 0.2) is 0 Å². The molecule has 0 fully saturated rings. The van der Waals surface area contributed by atoms with Crippen molar-refractivity contribution in [3.63, 3.8) is 0 Å². The molecule has 1 unspecified atom stereocenters. The van der Waals surface area contributed by atoms with Gasteiger partial charge >= 0.3 is 6.18 Å². The fraction of sp³-hybridized carbons (Fsp3) is 0.875. The van der Waals surface area contributed by atoms with Gasteiger partial charge in [-0.2, -0.15) is 13.2 Å². The number of hydrogen-bond acceptors (Lipinski definition) is 2. The third-order valence-electron chi connectivity index (χ3n) is 1.71. The molecular weight excluding hydrogens is 199 g/mol. The number of rotatable bonds is 4. The summed E-state index contributed by atoms with van der Waals surface area (Å²) in [5.41, 5.74) is 0. The van der Waals surface area contributed by atoms with Gasteiger partial charge < -0.3 is 10.4 Å². The topological polar surface area (TPSA) is 49.3 Å². The van der Waals surface area contributed by atoms with Crippen LogP contribution in [-0.4, -0.2) is 29.8 Å². The number of carbonyl (C=O) groups is 1. The zero-order valence-electron chi connectivity index (χ0n) is 8.06. The Hall–Kier alpha value is -0.780. The number of aliphatic hydroxyl groups excluding tert-OH is 1. The van der Waals surface area contributed by atoms with Gasteiger partial charge in [-0.25, -0.2) is 0 Å². The first-order chi connectivity index (χ1) is 6.26. The largest absolute Gasteiger partial charge is 0.397 e. The standard InChI is InChI=1S/C8H14F3NO2/c1-5(2)6(4-13)12-7(14)3-8(9,10)11/h5-6,13H,3-4H2,1-2H3,(H,12,14). The molecule has 0 radical (unpaired) electrons. The highest BCUT2D eigenvalue weighted by molar-refractivity contribution is 5.76. The van der Waals surface area contributed by atoms with Gasteiger partial charge in [-0.05, 0) is 5.92 Å². The lowest BCUT2D eigenvalue weighted by Crippen LogP contribution is -2.42. The Morgan fingerprint density at radius 1 is 1.43 bits per heavy atom. The first-order valence-electron chi connectivity index (χ1n) is 4.23. The lowest BCUT2D eigenvalue weighted by molar-refractivity contribution is -0.154. The molecule has 0 aromatic carbocycles. The van der Waals surface area contributed by atoms with Gasteiger partial charge in [0.15, 0.2) is 0 Å². The molecule has 0 heterocycles. The molecule has 0 aliphatic heterocycles. The summed E-state index contributed by atoms with van der Waals surface area (Å²) in [5.74, 6) is -1.21. The van der Waals surface area contributed by atoms with Crippen molar-refractivity contribution in [3.05, 3.63) is 0 Å². The Kier molecular flexibility index (Phi) is 4.90. The summed E-state index contributed by atoms with van der Waals surface area (Å²) in [6.07, 6.45) is -6.00. The molecule has 0 spiro atoms. The van der Waals surface area contributed by atoms with Crippen LogP contribution in [0, 0.1) is 5.92 Å². The molecule has 14 heavy (non-hydrogen) atoms. The van der Waals surface area contributed by atoms with E-state index in [0.717, 1.165) is 0 Å². The van der Waals surface area contributed by atoms with Crippen molar-refractivity contribution in [1.82, 2.24) is 5.32 Å². The molecule has 3 nitrogen and oxygen atoms in total. The second kappa shape index (κ2) is 5.19. The van der Waals surface area contributed by atoms with Crippen molar-refractivity contribution in [2.24, 2.45) is 5.92 Å². The molecule has 0 saturated carbocycles. The van der Waals surface area contributed by atoms with E-state index in [9.17, 15) is 18.0 Å². The van der Waals surface area contributed by atoms with Gasteiger partial charge in [0.25, 0.3) is 0 Å². The van der Waals surface area contributed by atoms with E-state index in [1.54, 1.807) is 13.8 Å². The van der Waals surface area contributed by atoms with Gasteiger partial charge in [-0.1, -0.05) is 13.8 Å². The summed E-state index contributed by atoms with van der Waals surface area (Å²) in [6, 6.07) is -0.621. The van der Waals surface area contributed by atoms with E-state index >= 15 is 0 Å². The molecule has 0 bridgehead atoms. The summed E-state index contributed by atoms with van der Waals surface area (Å²) in [6.45, 7) is 3.05. The van der Waals surface area contributed by atoms with E-state index in [-0.39, 0.29) is 12.5 Å². The average Bonchev–Trinajstić information content (AvgIpc) is 1.96. The molecule has 0 rings (SSSR count). The predicted molar refractivity (Wildman–Crippen MR) is 44.5 cm³/mol. The van der Waals surface area contributed by atoms with Crippen molar-refractivity contribution in [1.29, 1.82) is 0 Å². The molecule has 84 valence electrons. The van der Waals surface area contributed by atoms with Crippen LogP contribution in [0.5, 0.6) is 0 Å².